The van der Waals surface area contributed by atoms with Crippen LogP contribution in [0.3, 0.4) is 0 Å². The molecule has 3 rings (SSSR count). The number of benzene rings is 2. The van der Waals surface area contributed by atoms with Gasteiger partial charge in [0.15, 0.2) is 5.78 Å². The second-order valence-corrected chi connectivity index (χ2v) is 5.20. The molecule has 0 bridgehead atoms. The summed E-state index contributed by atoms with van der Waals surface area (Å²) in [7, 11) is 0. The van der Waals surface area contributed by atoms with Crippen LogP contribution in [-0.2, 0) is 0 Å². The van der Waals surface area contributed by atoms with Crippen molar-refractivity contribution >= 4 is 11.9 Å². The lowest BCUT2D eigenvalue weighted by Crippen LogP contribution is -1.97. The van der Waals surface area contributed by atoms with Crippen molar-refractivity contribution in [3.8, 4) is 11.1 Å². The Morgan fingerprint density at radius 1 is 1.00 bits per heavy atom. The Bertz CT molecular complexity index is 857. The Balaban J connectivity index is 1.92. The maximum atomic E-state index is 13.1. The molecular formula is C20H15FO2. The molecule has 1 aromatic heterocycles. The van der Waals surface area contributed by atoms with E-state index in [1.165, 1.54) is 18.2 Å². The molecule has 23 heavy (non-hydrogen) atoms. The largest absolute Gasteiger partial charge is 0.462 e. The van der Waals surface area contributed by atoms with Gasteiger partial charge in [-0.25, -0.2) is 4.39 Å². The van der Waals surface area contributed by atoms with Crippen molar-refractivity contribution in [2.45, 2.75) is 6.92 Å². The normalized spacial score (nSPS) is 11.0. The Labute approximate surface area is 133 Å². The van der Waals surface area contributed by atoms with Crippen LogP contribution < -0.4 is 0 Å². The Kier molecular flexibility index (Phi) is 4.20. The number of rotatable bonds is 4. The fraction of sp³-hybridized carbons (Fsp3) is 0.0500. The Hall–Kier alpha value is -2.94. The van der Waals surface area contributed by atoms with Gasteiger partial charge in [0, 0.05) is 5.56 Å². The first-order valence-electron chi connectivity index (χ1n) is 7.27. The molecule has 0 unspecified atom stereocenters. The van der Waals surface area contributed by atoms with E-state index in [2.05, 4.69) is 0 Å². The van der Waals surface area contributed by atoms with E-state index in [0.29, 0.717) is 11.3 Å². The smallest absolute Gasteiger partial charge is 0.186 e. The second kappa shape index (κ2) is 6.44. The van der Waals surface area contributed by atoms with Crippen LogP contribution in [0.15, 0.2) is 71.2 Å². The van der Waals surface area contributed by atoms with E-state index >= 15 is 0 Å². The highest BCUT2D eigenvalue weighted by Crippen LogP contribution is 2.24. The summed E-state index contributed by atoms with van der Waals surface area (Å²) >= 11 is 0. The zero-order valence-electron chi connectivity index (χ0n) is 12.6. The molecule has 2 aromatic carbocycles. The Morgan fingerprint density at radius 2 is 1.74 bits per heavy atom. The van der Waals surface area contributed by atoms with Crippen LogP contribution in [0.2, 0.25) is 0 Å². The van der Waals surface area contributed by atoms with Crippen LogP contribution >= 0.6 is 0 Å². The van der Waals surface area contributed by atoms with Crippen LogP contribution in [0.5, 0.6) is 0 Å². The van der Waals surface area contributed by atoms with E-state index in [4.69, 9.17) is 4.42 Å². The van der Waals surface area contributed by atoms with Crippen molar-refractivity contribution in [1.82, 2.24) is 0 Å². The SMILES string of the molecule is Cc1ccc(/C=C/C(=O)c2ccccc2-c2ccc(F)cc2)o1. The molecule has 0 aliphatic heterocycles. The zero-order valence-corrected chi connectivity index (χ0v) is 12.6. The topological polar surface area (TPSA) is 30.2 Å². The summed E-state index contributed by atoms with van der Waals surface area (Å²) in [6, 6.07) is 17.0. The van der Waals surface area contributed by atoms with Gasteiger partial charge in [-0.1, -0.05) is 36.4 Å². The number of furan rings is 1. The van der Waals surface area contributed by atoms with Crippen LogP contribution in [0.4, 0.5) is 4.39 Å². The molecule has 0 spiro atoms. The number of halogens is 1. The van der Waals surface area contributed by atoms with Gasteiger partial charge in [0.25, 0.3) is 0 Å². The number of aryl methyl sites for hydroxylation is 1. The minimum Gasteiger partial charge on any atom is -0.462 e. The molecule has 0 radical (unpaired) electrons. The minimum absolute atomic E-state index is 0.126. The number of allylic oxidation sites excluding steroid dienone is 1. The standard InChI is InChI=1S/C20H15FO2/c1-14-6-11-17(23-14)12-13-20(22)19-5-3-2-4-18(19)15-7-9-16(21)10-8-15/h2-13H,1H3/b13-12+. The van der Waals surface area contributed by atoms with Crippen molar-refractivity contribution in [1.29, 1.82) is 0 Å². The minimum atomic E-state index is -0.300. The lowest BCUT2D eigenvalue weighted by molar-refractivity contribution is 0.104. The molecule has 0 aliphatic rings. The first kappa shape index (κ1) is 15.0. The molecule has 0 aliphatic carbocycles. The van der Waals surface area contributed by atoms with E-state index < -0.39 is 0 Å². The maximum Gasteiger partial charge on any atom is 0.186 e. The van der Waals surface area contributed by atoms with Gasteiger partial charge in [-0.05, 0) is 54.5 Å². The van der Waals surface area contributed by atoms with Crippen LogP contribution in [0.1, 0.15) is 21.9 Å². The molecule has 114 valence electrons. The van der Waals surface area contributed by atoms with E-state index in [1.54, 1.807) is 24.3 Å². The molecule has 0 N–H and O–H groups in total. The van der Waals surface area contributed by atoms with Crippen LogP contribution in [0.25, 0.3) is 17.2 Å². The number of hydrogen-bond donors (Lipinski definition) is 0. The molecule has 0 amide bonds. The molecule has 0 fully saturated rings. The first-order valence-corrected chi connectivity index (χ1v) is 7.27. The number of ketones is 1. The van der Waals surface area contributed by atoms with Gasteiger partial charge in [-0.15, -0.1) is 0 Å². The van der Waals surface area contributed by atoms with Crippen molar-refractivity contribution in [3.63, 3.8) is 0 Å². The summed E-state index contributed by atoms with van der Waals surface area (Å²) in [6.07, 6.45) is 3.14. The van der Waals surface area contributed by atoms with Crippen molar-refractivity contribution in [3.05, 3.63) is 89.6 Å². The quantitative estimate of drug-likeness (QED) is 0.484. The van der Waals surface area contributed by atoms with Gasteiger partial charge >= 0.3 is 0 Å². The van der Waals surface area contributed by atoms with Crippen LogP contribution in [0, 0.1) is 12.7 Å². The maximum absolute atomic E-state index is 13.1. The molecule has 0 atom stereocenters. The third-order valence-electron chi connectivity index (χ3n) is 3.51. The highest BCUT2D eigenvalue weighted by Gasteiger charge is 2.10. The highest BCUT2D eigenvalue weighted by atomic mass is 19.1. The molecular weight excluding hydrogens is 291 g/mol. The predicted molar refractivity (Wildman–Crippen MR) is 88.6 cm³/mol. The van der Waals surface area contributed by atoms with Gasteiger partial charge < -0.3 is 4.42 Å². The predicted octanol–water partition coefficient (Wildman–Crippen LogP) is 5.29. The molecule has 0 saturated carbocycles. The third-order valence-corrected chi connectivity index (χ3v) is 3.51. The lowest BCUT2D eigenvalue weighted by atomic mass is 9.97. The van der Waals surface area contributed by atoms with E-state index in [1.807, 2.05) is 37.3 Å². The summed E-state index contributed by atoms with van der Waals surface area (Å²) in [5.74, 6) is 1.00. The summed E-state index contributed by atoms with van der Waals surface area (Å²) < 4.78 is 18.5. The molecule has 2 nitrogen and oxygen atoms in total. The van der Waals surface area contributed by atoms with Gasteiger partial charge in [0.05, 0.1) is 0 Å². The van der Waals surface area contributed by atoms with Crippen molar-refractivity contribution < 1.29 is 13.6 Å². The van der Waals surface area contributed by atoms with Crippen molar-refractivity contribution in [2.24, 2.45) is 0 Å². The fourth-order valence-corrected chi connectivity index (χ4v) is 2.37. The molecule has 0 saturated heterocycles. The van der Waals surface area contributed by atoms with Gasteiger partial charge in [-0.2, -0.15) is 0 Å². The number of carbonyl (C=O) groups excluding carboxylic acids is 1. The third kappa shape index (κ3) is 3.46. The summed E-state index contributed by atoms with van der Waals surface area (Å²) in [5.41, 5.74) is 2.15. The molecule has 3 heteroatoms. The molecule has 3 aromatic rings. The fourth-order valence-electron chi connectivity index (χ4n) is 2.37. The molecule has 1 heterocycles. The first-order chi connectivity index (χ1) is 11.1. The highest BCUT2D eigenvalue weighted by molar-refractivity contribution is 6.10. The summed E-state index contributed by atoms with van der Waals surface area (Å²) in [4.78, 5) is 12.5. The average molecular weight is 306 g/mol. The van der Waals surface area contributed by atoms with E-state index in [0.717, 1.165) is 16.9 Å². The lowest BCUT2D eigenvalue weighted by Gasteiger charge is -2.07. The van der Waals surface area contributed by atoms with E-state index in [9.17, 15) is 9.18 Å². The van der Waals surface area contributed by atoms with Gasteiger partial charge in [0.1, 0.15) is 17.3 Å². The summed E-state index contributed by atoms with van der Waals surface area (Å²) in [6.45, 7) is 1.85. The zero-order chi connectivity index (χ0) is 16.2. The van der Waals surface area contributed by atoms with Crippen molar-refractivity contribution in [2.75, 3.05) is 0 Å². The van der Waals surface area contributed by atoms with E-state index in [-0.39, 0.29) is 11.6 Å². The Morgan fingerprint density at radius 3 is 2.43 bits per heavy atom. The second-order valence-electron chi connectivity index (χ2n) is 5.20. The van der Waals surface area contributed by atoms with Gasteiger partial charge in [0.2, 0.25) is 0 Å². The number of carbonyl (C=O) groups is 1. The average Bonchev–Trinajstić information content (AvgIpc) is 2.99. The summed E-state index contributed by atoms with van der Waals surface area (Å²) in [5, 5.41) is 0. The van der Waals surface area contributed by atoms with Crippen LogP contribution in [-0.4, -0.2) is 5.78 Å². The van der Waals surface area contributed by atoms with Gasteiger partial charge in [-0.3, -0.25) is 4.79 Å². The monoisotopic (exact) mass is 306 g/mol. The number of hydrogen-bond acceptors (Lipinski definition) is 2.